The van der Waals surface area contributed by atoms with Crippen molar-refractivity contribution in [2.45, 2.75) is 0 Å². The summed E-state index contributed by atoms with van der Waals surface area (Å²) in [5.41, 5.74) is 3.40. The predicted molar refractivity (Wildman–Crippen MR) is 113 cm³/mol. The van der Waals surface area contributed by atoms with Crippen molar-refractivity contribution in [1.29, 1.82) is 0 Å². The number of carbonyl (C=O) groups is 3. The molecule has 0 aliphatic heterocycles. The number of halogens is 1. The summed E-state index contributed by atoms with van der Waals surface area (Å²) < 4.78 is 10.2. The molecule has 0 fully saturated rings. The first kappa shape index (κ1) is 22.9. The minimum absolute atomic E-state index is 0.162. The molecule has 0 aromatic heterocycles. The van der Waals surface area contributed by atoms with Gasteiger partial charge in [-0.1, -0.05) is 11.6 Å². The van der Waals surface area contributed by atoms with Gasteiger partial charge in [0, 0.05) is 24.4 Å². The zero-order chi connectivity index (χ0) is 21.8. The molecule has 0 unspecified atom stereocenters. The van der Waals surface area contributed by atoms with E-state index in [1.54, 1.807) is 48.5 Å². The molecule has 0 heterocycles. The van der Waals surface area contributed by atoms with Crippen molar-refractivity contribution in [1.82, 2.24) is 10.7 Å². The number of ether oxygens (including phenoxy) is 2. The highest BCUT2D eigenvalue weighted by Gasteiger charge is 2.11. The number of rotatable bonds is 9. The number of nitrogens with one attached hydrogen (secondary N) is 3. The van der Waals surface area contributed by atoms with Crippen molar-refractivity contribution in [3.05, 3.63) is 59.1 Å². The topological polar surface area (TPSA) is 118 Å². The van der Waals surface area contributed by atoms with E-state index in [9.17, 15) is 14.4 Å². The lowest BCUT2D eigenvalue weighted by atomic mass is 10.2. The summed E-state index contributed by atoms with van der Waals surface area (Å²) in [6, 6.07) is 13.4. The third-order valence-electron chi connectivity index (χ3n) is 3.56. The van der Waals surface area contributed by atoms with Gasteiger partial charge in [0.15, 0.2) is 6.61 Å². The fraction of sp³-hybridized carbons (Fsp3) is 0.200. The van der Waals surface area contributed by atoms with Crippen LogP contribution in [0.15, 0.2) is 53.6 Å². The Kier molecular flexibility index (Phi) is 9.29. The second-order valence-corrected chi connectivity index (χ2v) is 6.30. The standard InChI is InChI=1S/C20H21ClN4O5/c1-29-11-10-22-19(27)20(28)25-23-12-14-2-8-17(9-3-14)30-13-18(26)24-16-6-4-15(21)5-7-16/h2-9,12H,10-11,13H2,1H3,(H,22,27)(H,24,26)(H,25,28)/b23-12-. The third-order valence-corrected chi connectivity index (χ3v) is 3.81. The molecule has 3 N–H and O–H groups in total. The Morgan fingerprint density at radius 1 is 1.03 bits per heavy atom. The smallest absolute Gasteiger partial charge is 0.329 e. The summed E-state index contributed by atoms with van der Waals surface area (Å²) in [5.74, 6) is -1.51. The van der Waals surface area contributed by atoms with Crippen molar-refractivity contribution in [2.75, 3.05) is 32.2 Å². The van der Waals surface area contributed by atoms with Crippen LogP contribution in [0.25, 0.3) is 0 Å². The number of carbonyl (C=O) groups excluding carboxylic acids is 3. The van der Waals surface area contributed by atoms with E-state index in [1.165, 1.54) is 13.3 Å². The molecule has 0 saturated heterocycles. The second-order valence-electron chi connectivity index (χ2n) is 5.86. The summed E-state index contributed by atoms with van der Waals surface area (Å²) in [6.45, 7) is 0.370. The maximum absolute atomic E-state index is 11.9. The van der Waals surface area contributed by atoms with Crippen molar-refractivity contribution in [3.63, 3.8) is 0 Å². The van der Waals surface area contributed by atoms with Crippen molar-refractivity contribution in [3.8, 4) is 5.75 Å². The van der Waals surface area contributed by atoms with Crippen LogP contribution in [0.5, 0.6) is 5.75 Å². The molecule has 0 bridgehead atoms. The molecule has 10 heteroatoms. The molecule has 0 radical (unpaired) electrons. The van der Waals surface area contributed by atoms with Gasteiger partial charge in [-0.25, -0.2) is 5.43 Å². The number of benzene rings is 2. The van der Waals surface area contributed by atoms with Gasteiger partial charge in [0.2, 0.25) is 0 Å². The molecule has 0 aliphatic rings. The van der Waals surface area contributed by atoms with Gasteiger partial charge in [0.1, 0.15) is 5.75 Å². The number of nitrogens with zero attached hydrogens (tertiary/aromatic N) is 1. The van der Waals surface area contributed by atoms with Crippen molar-refractivity contribution in [2.24, 2.45) is 5.10 Å². The van der Waals surface area contributed by atoms with Crippen molar-refractivity contribution >= 4 is 41.2 Å². The van der Waals surface area contributed by atoms with Crippen LogP contribution in [0.3, 0.4) is 0 Å². The van der Waals surface area contributed by atoms with Gasteiger partial charge in [0.25, 0.3) is 5.91 Å². The predicted octanol–water partition coefficient (Wildman–Crippen LogP) is 1.57. The Hall–Kier alpha value is -3.43. The molecule has 30 heavy (non-hydrogen) atoms. The molecule has 0 atom stereocenters. The average Bonchev–Trinajstić information content (AvgIpc) is 2.75. The summed E-state index contributed by atoms with van der Waals surface area (Å²) in [4.78, 5) is 34.9. The number of hydrogen-bond donors (Lipinski definition) is 3. The Balaban J connectivity index is 1.74. The Labute approximate surface area is 178 Å². The molecule has 2 aromatic carbocycles. The molecule has 2 aromatic rings. The Morgan fingerprint density at radius 2 is 1.73 bits per heavy atom. The maximum atomic E-state index is 11.9. The van der Waals surface area contributed by atoms with E-state index in [2.05, 4.69) is 21.2 Å². The van der Waals surface area contributed by atoms with Gasteiger partial charge in [-0.05, 0) is 54.1 Å². The van der Waals surface area contributed by atoms with Gasteiger partial charge >= 0.3 is 11.8 Å². The van der Waals surface area contributed by atoms with Crippen LogP contribution in [0.4, 0.5) is 5.69 Å². The van der Waals surface area contributed by atoms with Gasteiger partial charge in [-0.15, -0.1) is 0 Å². The van der Waals surface area contributed by atoms with E-state index in [4.69, 9.17) is 21.1 Å². The van der Waals surface area contributed by atoms with Gasteiger partial charge in [-0.2, -0.15) is 5.10 Å². The van der Waals surface area contributed by atoms with Crippen LogP contribution < -0.4 is 20.8 Å². The van der Waals surface area contributed by atoms with E-state index in [0.717, 1.165) is 0 Å². The summed E-state index contributed by atoms with van der Waals surface area (Å²) in [6.07, 6.45) is 1.37. The quantitative estimate of drug-likeness (QED) is 0.240. The summed E-state index contributed by atoms with van der Waals surface area (Å²) in [7, 11) is 1.49. The minimum Gasteiger partial charge on any atom is -0.484 e. The second kappa shape index (κ2) is 12.2. The van der Waals surface area contributed by atoms with Crippen LogP contribution in [-0.4, -0.2) is 50.8 Å². The Bertz CT molecular complexity index is 885. The number of methoxy groups -OCH3 is 1. The molecule has 158 valence electrons. The molecule has 3 amide bonds. The highest BCUT2D eigenvalue weighted by Crippen LogP contribution is 2.14. The number of hydrazone groups is 1. The van der Waals surface area contributed by atoms with Gasteiger partial charge < -0.3 is 20.1 Å². The molecular weight excluding hydrogens is 412 g/mol. The van der Waals surface area contributed by atoms with Crippen LogP contribution in [-0.2, 0) is 19.1 Å². The fourth-order valence-corrected chi connectivity index (χ4v) is 2.22. The first-order valence-corrected chi connectivity index (χ1v) is 9.24. The molecule has 0 aliphatic carbocycles. The van der Waals surface area contributed by atoms with E-state index in [0.29, 0.717) is 28.6 Å². The van der Waals surface area contributed by atoms with Crippen molar-refractivity contribution < 1.29 is 23.9 Å². The lowest BCUT2D eigenvalue weighted by Crippen LogP contribution is -2.39. The van der Waals surface area contributed by atoms with Gasteiger partial charge in [-0.3, -0.25) is 14.4 Å². The van der Waals surface area contributed by atoms with Crippen LogP contribution in [0.2, 0.25) is 5.02 Å². The lowest BCUT2D eigenvalue weighted by Gasteiger charge is -2.08. The average molecular weight is 433 g/mol. The summed E-state index contributed by atoms with van der Waals surface area (Å²) >= 11 is 5.80. The van der Waals surface area contributed by atoms with E-state index in [1.807, 2.05) is 0 Å². The maximum Gasteiger partial charge on any atom is 0.329 e. The summed E-state index contributed by atoms with van der Waals surface area (Å²) in [5, 5.41) is 9.36. The number of hydrogen-bond acceptors (Lipinski definition) is 6. The number of amides is 3. The Morgan fingerprint density at radius 3 is 2.40 bits per heavy atom. The molecule has 0 spiro atoms. The highest BCUT2D eigenvalue weighted by molar-refractivity contribution is 6.35. The first-order valence-electron chi connectivity index (χ1n) is 8.86. The van der Waals surface area contributed by atoms with Crippen LogP contribution in [0, 0.1) is 0 Å². The van der Waals surface area contributed by atoms with E-state index in [-0.39, 0.29) is 19.1 Å². The fourth-order valence-electron chi connectivity index (χ4n) is 2.09. The van der Waals surface area contributed by atoms with Crippen LogP contribution >= 0.6 is 11.6 Å². The zero-order valence-corrected chi connectivity index (χ0v) is 16.9. The van der Waals surface area contributed by atoms with Crippen LogP contribution in [0.1, 0.15) is 5.56 Å². The monoisotopic (exact) mass is 432 g/mol. The lowest BCUT2D eigenvalue weighted by molar-refractivity contribution is -0.139. The largest absolute Gasteiger partial charge is 0.484 e. The SMILES string of the molecule is COCCNC(=O)C(=O)N/N=C\c1ccc(OCC(=O)Nc2ccc(Cl)cc2)cc1. The normalized spacial score (nSPS) is 10.5. The van der Waals surface area contributed by atoms with E-state index >= 15 is 0 Å². The van der Waals surface area contributed by atoms with Gasteiger partial charge in [0.05, 0.1) is 12.8 Å². The number of anilines is 1. The van der Waals surface area contributed by atoms with E-state index < -0.39 is 11.8 Å². The zero-order valence-electron chi connectivity index (χ0n) is 16.2. The third kappa shape index (κ3) is 8.29. The molecule has 2 rings (SSSR count). The molecule has 9 nitrogen and oxygen atoms in total. The molecule has 0 saturated carbocycles. The first-order chi connectivity index (χ1) is 14.5. The molecular formula is C20H21ClN4O5. The minimum atomic E-state index is -0.881. The highest BCUT2D eigenvalue weighted by atomic mass is 35.5.